The molecule has 1 aliphatic heterocycles. The summed E-state index contributed by atoms with van der Waals surface area (Å²) >= 11 is 0. The first-order chi connectivity index (χ1) is 11.2. The Labute approximate surface area is 137 Å². The van der Waals surface area contributed by atoms with Gasteiger partial charge >= 0.3 is 0 Å². The number of carbonyl (C=O) groups excluding carboxylic acids is 1. The van der Waals surface area contributed by atoms with E-state index in [0.29, 0.717) is 26.1 Å². The first kappa shape index (κ1) is 17.3. The molecule has 2 rings (SSSR count). The van der Waals surface area contributed by atoms with Gasteiger partial charge in [0.1, 0.15) is 0 Å². The number of methoxy groups -OCH3 is 1. The van der Waals surface area contributed by atoms with Crippen molar-refractivity contribution in [3.8, 4) is 0 Å². The Kier molecular flexibility index (Phi) is 6.87. The monoisotopic (exact) mass is 318 g/mol. The van der Waals surface area contributed by atoms with Crippen molar-refractivity contribution in [3.05, 3.63) is 35.4 Å². The van der Waals surface area contributed by atoms with Crippen molar-refractivity contribution in [1.29, 1.82) is 0 Å². The number of hydrogen-bond donors (Lipinski definition) is 2. The summed E-state index contributed by atoms with van der Waals surface area (Å²) in [4.78, 5) is 17.7. The molecule has 1 amide bonds. The molecule has 1 aromatic rings. The van der Waals surface area contributed by atoms with Crippen LogP contribution in [0.25, 0.3) is 0 Å². The number of nitrogens with zero attached hydrogens (tertiary/aromatic N) is 2. The van der Waals surface area contributed by atoms with Gasteiger partial charge in [-0.2, -0.15) is 0 Å². The molecule has 0 atom stereocenters. The summed E-state index contributed by atoms with van der Waals surface area (Å²) in [6.07, 6.45) is 1.67. The Hall–Kier alpha value is -2.08. The highest BCUT2D eigenvalue weighted by Gasteiger charge is 2.19. The van der Waals surface area contributed by atoms with Gasteiger partial charge < -0.3 is 20.3 Å². The van der Waals surface area contributed by atoms with Crippen LogP contribution < -0.4 is 10.6 Å². The number of hydrogen-bond acceptors (Lipinski definition) is 3. The van der Waals surface area contributed by atoms with Crippen molar-refractivity contribution < 1.29 is 9.53 Å². The van der Waals surface area contributed by atoms with Crippen molar-refractivity contribution in [2.75, 3.05) is 33.9 Å². The minimum atomic E-state index is 0.265. The average Bonchev–Trinajstić information content (AvgIpc) is 2.97. The Balaban J connectivity index is 1.79. The van der Waals surface area contributed by atoms with Crippen molar-refractivity contribution in [1.82, 2.24) is 15.5 Å². The molecule has 0 aromatic heterocycles. The third-order valence-electron chi connectivity index (χ3n) is 3.85. The molecule has 23 heavy (non-hydrogen) atoms. The third-order valence-corrected chi connectivity index (χ3v) is 3.85. The number of likely N-dealkylation sites (tertiary alicyclic amines) is 1. The van der Waals surface area contributed by atoms with Crippen LogP contribution in [0.3, 0.4) is 0 Å². The van der Waals surface area contributed by atoms with E-state index in [9.17, 15) is 4.79 Å². The predicted octanol–water partition coefficient (Wildman–Crippen LogP) is 1.12. The molecule has 2 N–H and O–H groups in total. The van der Waals surface area contributed by atoms with Crippen LogP contribution in [0.5, 0.6) is 0 Å². The van der Waals surface area contributed by atoms with Crippen LogP contribution in [-0.2, 0) is 22.6 Å². The lowest BCUT2D eigenvalue weighted by molar-refractivity contribution is -0.128. The lowest BCUT2D eigenvalue weighted by Gasteiger charge is -2.16. The van der Waals surface area contributed by atoms with Gasteiger partial charge in [0.05, 0.1) is 6.61 Å². The minimum Gasteiger partial charge on any atom is -0.383 e. The Morgan fingerprint density at radius 2 is 2.00 bits per heavy atom. The van der Waals surface area contributed by atoms with Crippen molar-refractivity contribution >= 4 is 11.9 Å². The highest BCUT2D eigenvalue weighted by atomic mass is 16.5. The molecule has 1 aromatic carbocycles. The Morgan fingerprint density at radius 1 is 1.26 bits per heavy atom. The molecule has 1 fully saturated rings. The van der Waals surface area contributed by atoms with Gasteiger partial charge in [0.25, 0.3) is 0 Å². The van der Waals surface area contributed by atoms with Crippen LogP contribution in [0.4, 0.5) is 0 Å². The van der Waals surface area contributed by atoms with E-state index in [1.807, 2.05) is 4.90 Å². The second-order valence-electron chi connectivity index (χ2n) is 5.58. The summed E-state index contributed by atoms with van der Waals surface area (Å²) in [7, 11) is 3.42. The van der Waals surface area contributed by atoms with Crippen LogP contribution >= 0.6 is 0 Å². The average molecular weight is 318 g/mol. The number of amides is 1. The van der Waals surface area contributed by atoms with Gasteiger partial charge in [-0.25, -0.2) is 0 Å². The zero-order valence-corrected chi connectivity index (χ0v) is 14.0. The second kappa shape index (κ2) is 9.15. The molecule has 0 spiro atoms. The number of aliphatic imine (C=N–C) groups is 1. The van der Waals surface area contributed by atoms with Gasteiger partial charge in [0.2, 0.25) is 5.91 Å². The first-order valence-corrected chi connectivity index (χ1v) is 8.02. The van der Waals surface area contributed by atoms with Crippen LogP contribution in [-0.4, -0.2) is 50.6 Å². The topological polar surface area (TPSA) is 66.0 Å². The van der Waals surface area contributed by atoms with Crippen molar-refractivity contribution in [2.45, 2.75) is 25.9 Å². The van der Waals surface area contributed by atoms with Crippen molar-refractivity contribution in [3.63, 3.8) is 0 Å². The highest BCUT2D eigenvalue weighted by Crippen LogP contribution is 2.14. The smallest absolute Gasteiger partial charge is 0.222 e. The SMILES string of the molecule is CN=C(NCCOC)NCc1ccc(CN2CCCC2=O)cc1. The zero-order chi connectivity index (χ0) is 16.5. The summed E-state index contributed by atoms with van der Waals surface area (Å²) in [5, 5.41) is 6.44. The molecule has 0 saturated carbocycles. The molecular formula is C17H26N4O2. The number of nitrogens with one attached hydrogen (secondary N) is 2. The summed E-state index contributed by atoms with van der Waals surface area (Å²) in [6.45, 7) is 3.66. The van der Waals surface area contributed by atoms with E-state index in [0.717, 1.165) is 25.5 Å². The third kappa shape index (κ3) is 5.56. The van der Waals surface area contributed by atoms with E-state index in [1.54, 1.807) is 14.2 Å². The van der Waals surface area contributed by atoms with Gasteiger partial charge in [-0.1, -0.05) is 24.3 Å². The maximum Gasteiger partial charge on any atom is 0.222 e. The number of guanidine groups is 1. The molecule has 126 valence electrons. The fourth-order valence-electron chi connectivity index (χ4n) is 2.53. The first-order valence-electron chi connectivity index (χ1n) is 8.02. The van der Waals surface area contributed by atoms with E-state index >= 15 is 0 Å². The standard InChI is InChI=1S/C17H26N4O2/c1-18-17(19-9-11-23-2)20-12-14-5-7-15(8-6-14)13-21-10-3-4-16(21)22/h5-8H,3-4,9-13H2,1-2H3,(H2,18,19,20). The van der Waals surface area contributed by atoms with Gasteiger partial charge in [0, 0.05) is 46.8 Å². The highest BCUT2D eigenvalue weighted by molar-refractivity contribution is 5.79. The second-order valence-corrected chi connectivity index (χ2v) is 5.58. The van der Waals surface area contributed by atoms with Crippen LogP contribution in [0, 0.1) is 0 Å². The van der Waals surface area contributed by atoms with Gasteiger partial charge in [-0.05, 0) is 17.5 Å². The molecule has 6 nitrogen and oxygen atoms in total. The number of benzene rings is 1. The van der Waals surface area contributed by atoms with Gasteiger partial charge in [-0.3, -0.25) is 9.79 Å². The number of rotatable bonds is 7. The lowest BCUT2D eigenvalue weighted by atomic mass is 10.1. The summed E-state index contributed by atoms with van der Waals surface area (Å²) < 4.78 is 5.00. The van der Waals surface area contributed by atoms with E-state index < -0.39 is 0 Å². The molecule has 0 radical (unpaired) electrons. The number of ether oxygens (including phenoxy) is 1. The van der Waals surface area contributed by atoms with Crippen LogP contribution in [0.15, 0.2) is 29.3 Å². The van der Waals surface area contributed by atoms with Crippen LogP contribution in [0.2, 0.25) is 0 Å². The molecule has 0 unspecified atom stereocenters. The quantitative estimate of drug-likeness (QED) is 0.449. The zero-order valence-electron chi connectivity index (χ0n) is 14.0. The normalized spacial score (nSPS) is 15.1. The van der Waals surface area contributed by atoms with Gasteiger partial charge in [-0.15, -0.1) is 0 Å². The molecule has 1 saturated heterocycles. The van der Waals surface area contributed by atoms with E-state index in [2.05, 4.69) is 39.9 Å². The Bertz CT molecular complexity index is 528. The molecule has 1 heterocycles. The molecule has 0 bridgehead atoms. The van der Waals surface area contributed by atoms with E-state index in [1.165, 1.54) is 11.1 Å². The predicted molar refractivity (Wildman–Crippen MR) is 91.2 cm³/mol. The van der Waals surface area contributed by atoms with E-state index in [4.69, 9.17) is 4.74 Å². The summed E-state index contributed by atoms with van der Waals surface area (Å²) in [6, 6.07) is 8.35. The summed E-state index contributed by atoms with van der Waals surface area (Å²) in [5.74, 6) is 1.02. The van der Waals surface area contributed by atoms with Crippen molar-refractivity contribution in [2.24, 2.45) is 4.99 Å². The van der Waals surface area contributed by atoms with Gasteiger partial charge in [0.15, 0.2) is 5.96 Å². The van der Waals surface area contributed by atoms with Crippen LogP contribution in [0.1, 0.15) is 24.0 Å². The lowest BCUT2D eigenvalue weighted by Crippen LogP contribution is -2.38. The minimum absolute atomic E-state index is 0.265. The molecule has 6 heteroatoms. The molecule has 1 aliphatic rings. The largest absolute Gasteiger partial charge is 0.383 e. The number of carbonyl (C=O) groups is 1. The molecule has 0 aliphatic carbocycles. The molecular weight excluding hydrogens is 292 g/mol. The fraction of sp³-hybridized carbons (Fsp3) is 0.529. The van der Waals surface area contributed by atoms with E-state index in [-0.39, 0.29) is 5.91 Å². The fourth-order valence-corrected chi connectivity index (χ4v) is 2.53. The summed E-state index contributed by atoms with van der Waals surface area (Å²) in [5.41, 5.74) is 2.35. The Morgan fingerprint density at radius 3 is 2.61 bits per heavy atom. The maximum atomic E-state index is 11.7. The maximum absolute atomic E-state index is 11.7.